The molecule has 38 heavy (non-hydrogen) atoms. The molecule has 2 atom stereocenters. The Balaban J connectivity index is 0.000000332. The standard InChI is InChI=1S/C23H26NP.C11H26N2/c1-20(18-19-21-12-6-3-7-13-21)24(2)25(22-14-8-4-9-15-22)23-16-10-5-11-17-23;1-6-13(7-2)10-8-9-11(3)12(4)5/h3-17,20H,18-19H2,1-2H3;11H,6-10H2,1-5H3. The molecule has 0 spiro atoms. The predicted molar refractivity (Wildman–Crippen MR) is 171 cm³/mol. The van der Waals surface area contributed by atoms with Crippen molar-refractivity contribution in [3.63, 3.8) is 0 Å². The molecule has 0 radical (unpaired) electrons. The largest absolute Gasteiger partial charge is 0.307 e. The van der Waals surface area contributed by atoms with Gasteiger partial charge in [-0.15, -0.1) is 0 Å². The summed E-state index contributed by atoms with van der Waals surface area (Å²) in [7, 11) is 6.09. The Morgan fingerprint density at radius 2 is 1.11 bits per heavy atom. The molecule has 3 rings (SSSR count). The fourth-order valence-electron chi connectivity index (χ4n) is 4.46. The average molecular weight is 534 g/mol. The third-order valence-corrected chi connectivity index (χ3v) is 10.1. The van der Waals surface area contributed by atoms with Gasteiger partial charge in [0.25, 0.3) is 0 Å². The van der Waals surface area contributed by atoms with Crippen molar-refractivity contribution in [2.45, 2.75) is 65.5 Å². The minimum absolute atomic E-state index is 0.499. The van der Waals surface area contributed by atoms with Crippen LogP contribution in [-0.4, -0.2) is 67.3 Å². The molecule has 0 aliphatic carbocycles. The molecule has 0 amide bonds. The fourth-order valence-corrected chi connectivity index (χ4v) is 6.91. The molecule has 4 heteroatoms. The first kappa shape index (κ1) is 32.2. The fraction of sp³-hybridized carbons (Fsp3) is 0.471. The molecule has 3 nitrogen and oxygen atoms in total. The molecule has 0 aliphatic heterocycles. The molecule has 0 N–H and O–H groups in total. The first-order valence-electron chi connectivity index (χ1n) is 14.4. The van der Waals surface area contributed by atoms with Crippen molar-refractivity contribution in [3.8, 4) is 0 Å². The van der Waals surface area contributed by atoms with Crippen molar-refractivity contribution in [2.75, 3.05) is 40.8 Å². The Morgan fingerprint density at radius 3 is 1.55 bits per heavy atom. The molecular weight excluding hydrogens is 481 g/mol. The summed E-state index contributed by atoms with van der Waals surface area (Å²) in [5, 5.41) is 2.83. The minimum atomic E-state index is -0.499. The lowest BCUT2D eigenvalue weighted by Crippen LogP contribution is -2.32. The lowest BCUT2D eigenvalue weighted by Gasteiger charge is -2.34. The third-order valence-electron chi connectivity index (χ3n) is 7.52. The minimum Gasteiger partial charge on any atom is -0.307 e. The summed E-state index contributed by atoms with van der Waals surface area (Å²) in [4.78, 5) is 4.78. The quantitative estimate of drug-likeness (QED) is 0.206. The van der Waals surface area contributed by atoms with Crippen molar-refractivity contribution in [1.82, 2.24) is 14.5 Å². The van der Waals surface area contributed by atoms with Crippen LogP contribution in [0.3, 0.4) is 0 Å². The summed E-state index contributed by atoms with van der Waals surface area (Å²) in [6.45, 7) is 12.7. The van der Waals surface area contributed by atoms with Gasteiger partial charge in [-0.05, 0) is 96.5 Å². The zero-order chi connectivity index (χ0) is 27.8. The molecule has 3 aromatic carbocycles. The van der Waals surface area contributed by atoms with Crippen molar-refractivity contribution in [2.24, 2.45) is 0 Å². The van der Waals surface area contributed by atoms with Crippen molar-refractivity contribution in [1.29, 1.82) is 0 Å². The normalized spacial score (nSPS) is 13.0. The van der Waals surface area contributed by atoms with Crippen LogP contribution in [0, 0.1) is 0 Å². The van der Waals surface area contributed by atoms with Crippen LogP contribution < -0.4 is 10.6 Å². The zero-order valence-electron chi connectivity index (χ0n) is 25.1. The Morgan fingerprint density at radius 1 is 0.632 bits per heavy atom. The van der Waals surface area contributed by atoms with E-state index in [1.807, 2.05) is 0 Å². The van der Waals surface area contributed by atoms with Crippen molar-refractivity contribution >= 4 is 18.7 Å². The van der Waals surface area contributed by atoms with Crippen LogP contribution in [0.5, 0.6) is 0 Å². The van der Waals surface area contributed by atoms with Gasteiger partial charge in [-0.25, -0.2) is 0 Å². The molecule has 208 valence electrons. The Labute approximate surface area is 235 Å². The van der Waals surface area contributed by atoms with Crippen LogP contribution in [0.2, 0.25) is 0 Å². The van der Waals surface area contributed by atoms with E-state index in [4.69, 9.17) is 0 Å². The molecular formula is C34H52N3P. The maximum absolute atomic E-state index is 2.57. The maximum atomic E-state index is 2.57. The highest BCUT2D eigenvalue weighted by atomic mass is 31.1. The lowest BCUT2D eigenvalue weighted by molar-refractivity contribution is 0.256. The second-order valence-corrected chi connectivity index (χ2v) is 12.7. The summed E-state index contributed by atoms with van der Waals surface area (Å²) >= 11 is 0. The van der Waals surface area contributed by atoms with Gasteiger partial charge >= 0.3 is 0 Å². The van der Waals surface area contributed by atoms with Gasteiger partial charge in [-0.3, -0.25) is 4.67 Å². The van der Waals surface area contributed by atoms with Gasteiger partial charge < -0.3 is 9.80 Å². The van der Waals surface area contributed by atoms with E-state index >= 15 is 0 Å². The average Bonchev–Trinajstić information content (AvgIpc) is 2.96. The zero-order valence-corrected chi connectivity index (χ0v) is 25.9. The van der Waals surface area contributed by atoms with E-state index in [-0.39, 0.29) is 0 Å². The second-order valence-electron chi connectivity index (χ2n) is 10.4. The molecule has 0 aromatic heterocycles. The van der Waals surface area contributed by atoms with E-state index in [0.717, 1.165) is 12.5 Å². The third kappa shape index (κ3) is 11.4. The van der Waals surface area contributed by atoms with E-state index in [0.29, 0.717) is 6.04 Å². The van der Waals surface area contributed by atoms with E-state index in [2.05, 4.69) is 154 Å². The van der Waals surface area contributed by atoms with Gasteiger partial charge in [-0.2, -0.15) is 0 Å². The highest BCUT2D eigenvalue weighted by Gasteiger charge is 2.23. The molecule has 3 aromatic rings. The van der Waals surface area contributed by atoms with Crippen LogP contribution in [-0.2, 0) is 6.42 Å². The van der Waals surface area contributed by atoms with Crippen molar-refractivity contribution in [3.05, 3.63) is 96.6 Å². The number of rotatable bonds is 14. The number of hydrogen-bond acceptors (Lipinski definition) is 3. The van der Waals surface area contributed by atoms with E-state index in [9.17, 15) is 0 Å². The van der Waals surface area contributed by atoms with Crippen LogP contribution >= 0.6 is 8.07 Å². The van der Waals surface area contributed by atoms with E-state index < -0.39 is 8.07 Å². The summed E-state index contributed by atoms with van der Waals surface area (Å²) in [5.74, 6) is 0. The number of benzene rings is 3. The van der Waals surface area contributed by atoms with Gasteiger partial charge in [0.15, 0.2) is 0 Å². The maximum Gasteiger partial charge on any atom is 0.0281 e. The summed E-state index contributed by atoms with van der Waals surface area (Å²) in [5.41, 5.74) is 1.42. The molecule has 2 unspecified atom stereocenters. The summed E-state index contributed by atoms with van der Waals surface area (Å²) in [6, 6.07) is 33.9. The number of aryl methyl sites for hydroxylation is 1. The van der Waals surface area contributed by atoms with Crippen molar-refractivity contribution < 1.29 is 0 Å². The van der Waals surface area contributed by atoms with E-state index in [1.54, 1.807) is 0 Å². The van der Waals surface area contributed by atoms with Gasteiger partial charge in [-0.1, -0.05) is 105 Å². The lowest BCUT2D eigenvalue weighted by atomic mass is 10.1. The van der Waals surface area contributed by atoms with Crippen LogP contribution in [0.4, 0.5) is 0 Å². The van der Waals surface area contributed by atoms with Crippen LogP contribution in [0.1, 0.15) is 52.5 Å². The molecule has 0 saturated heterocycles. The molecule has 0 aliphatic rings. The first-order chi connectivity index (χ1) is 18.4. The molecule has 0 saturated carbocycles. The first-order valence-corrected chi connectivity index (χ1v) is 15.7. The monoisotopic (exact) mass is 533 g/mol. The Bertz CT molecular complexity index is 919. The second kappa shape index (κ2) is 18.3. The highest BCUT2D eigenvalue weighted by molar-refractivity contribution is 7.70. The Hall–Kier alpha value is -2.03. The SMILES string of the molecule is CC(CCc1ccccc1)N(C)P(c1ccccc1)c1ccccc1.CCN(CC)CCCC(C)N(C)C. The van der Waals surface area contributed by atoms with Crippen LogP contribution in [0.15, 0.2) is 91.0 Å². The Kier molecular flexibility index (Phi) is 15.5. The van der Waals surface area contributed by atoms with Gasteiger partial charge in [0.2, 0.25) is 0 Å². The van der Waals surface area contributed by atoms with Gasteiger partial charge in [0.05, 0.1) is 0 Å². The molecule has 0 bridgehead atoms. The number of hydrogen-bond donors (Lipinski definition) is 0. The smallest absolute Gasteiger partial charge is 0.0281 e. The van der Waals surface area contributed by atoms with Crippen LogP contribution in [0.25, 0.3) is 0 Å². The van der Waals surface area contributed by atoms with Gasteiger partial charge in [0, 0.05) is 20.2 Å². The topological polar surface area (TPSA) is 9.72 Å². The van der Waals surface area contributed by atoms with Gasteiger partial charge in [0.1, 0.15) is 0 Å². The molecule has 0 fully saturated rings. The number of nitrogens with zero attached hydrogens (tertiary/aromatic N) is 3. The highest BCUT2D eigenvalue weighted by Crippen LogP contribution is 2.39. The summed E-state index contributed by atoms with van der Waals surface area (Å²) in [6.07, 6.45) is 4.92. The van der Waals surface area contributed by atoms with E-state index in [1.165, 1.54) is 55.1 Å². The predicted octanol–water partition coefficient (Wildman–Crippen LogP) is 7.05. The molecule has 0 heterocycles. The summed E-state index contributed by atoms with van der Waals surface area (Å²) < 4.78 is 2.57.